The van der Waals surface area contributed by atoms with Crippen molar-refractivity contribution in [3.63, 3.8) is 0 Å². The average molecular weight is 1700 g/mol. The SMILES string of the molecule is CC(C)=O.CCCCCCCCCCCCCCCCOc1cc(-c2ccccn2)nc(-c2ccccn2)c1.CCCCCCCCCCCCCCCCOc1cc(-c2ccccn2)nc(-c2ccccn2)c1.[Co+2].c1ccc([B-](c2ccccc2)(c2ccccc2)c2ccccc2)cc1.c1ccc([B-](c2ccccc2)(c2ccccc2)c2ccccc2)cc1. The minimum atomic E-state index is -1.22. The topological polar surface area (TPSA) is 113 Å². The molecule has 0 N–H and O–H groups in total. The van der Waals surface area contributed by atoms with Crippen LogP contribution in [0.1, 0.15) is 207 Å². The van der Waals surface area contributed by atoms with Crippen molar-refractivity contribution in [3.8, 4) is 57.1 Å². The Bertz CT molecular complexity index is 4340. The first-order valence-corrected chi connectivity index (χ1v) is 46.5. The molecule has 0 aliphatic heterocycles. The molecule has 14 aromatic rings. The summed E-state index contributed by atoms with van der Waals surface area (Å²) in [6.07, 6.45) is 42.8. The van der Waals surface area contributed by atoms with Crippen LogP contribution in [0.25, 0.3) is 45.6 Å². The molecule has 0 aliphatic rings. The number of rotatable bonds is 44. The fraction of sp³-hybridized carbons (Fsp3) is 0.301. The minimum absolute atomic E-state index is 0. The number of pyridine rings is 6. The molecule has 9 nitrogen and oxygen atoms in total. The van der Waals surface area contributed by atoms with E-state index < -0.39 is 12.3 Å². The van der Waals surface area contributed by atoms with Gasteiger partial charge in [0, 0.05) is 49.1 Å². The van der Waals surface area contributed by atoms with E-state index in [9.17, 15) is 4.79 Å². The summed E-state index contributed by atoms with van der Waals surface area (Å²) in [6, 6.07) is 118. The Kier molecular flexibility index (Phi) is 45.1. The molecule has 0 unspecified atom stereocenters. The maximum atomic E-state index is 9.44. The van der Waals surface area contributed by atoms with Crippen molar-refractivity contribution in [1.82, 2.24) is 29.9 Å². The van der Waals surface area contributed by atoms with Crippen LogP contribution in [0.15, 0.2) is 365 Å². The monoisotopic (exact) mass is 1700 g/mol. The summed E-state index contributed by atoms with van der Waals surface area (Å²) >= 11 is 0. The van der Waals surface area contributed by atoms with Crippen molar-refractivity contribution in [1.29, 1.82) is 0 Å². The number of aromatic nitrogens is 6. The molecule has 1 radical (unpaired) electrons. The normalized spacial score (nSPS) is 10.8. The largest absolute Gasteiger partial charge is 2.00 e. The first-order valence-electron chi connectivity index (χ1n) is 46.5. The van der Waals surface area contributed by atoms with Gasteiger partial charge in [-0.15, -0.1) is 0 Å². The minimum Gasteiger partial charge on any atom is -0.493 e. The molecule has 12 heteroatoms. The quantitative estimate of drug-likeness (QED) is 0.0272. The number of carbonyl (C=O) groups excluding carboxylic acids is 1. The van der Waals surface area contributed by atoms with Gasteiger partial charge in [-0.25, -0.2) is 9.97 Å². The van der Waals surface area contributed by atoms with Crippen molar-refractivity contribution in [2.24, 2.45) is 0 Å². The van der Waals surface area contributed by atoms with Crippen molar-refractivity contribution in [2.45, 2.75) is 207 Å². The fourth-order valence-electron chi connectivity index (χ4n) is 17.0. The average Bonchev–Trinajstić information content (AvgIpc) is 0.742. The molecule has 14 rings (SSSR count). The summed E-state index contributed by atoms with van der Waals surface area (Å²) < 4.78 is 12.3. The number of ketones is 1. The number of benzene rings is 8. The summed E-state index contributed by atoms with van der Waals surface area (Å²) in [5.74, 6) is 1.83. The van der Waals surface area contributed by atoms with Gasteiger partial charge in [0.15, 0.2) is 0 Å². The van der Waals surface area contributed by atoms with Gasteiger partial charge in [0.2, 0.25) is 0 Å². The molecule has 8 aromatic carbocycles. The summed E-state index contributed by atoms with van der Waals surface area (Å²) in [5, 5.41) is 0. The molecule has 647 valence electrons. The molecule has 0 fully saturated rings. The standard InChI is InChI=1S/2C31H43N3O.2C24H20B.C3H6O.Co/c2*1-2-3-4-5-6-7-8-9-10-11-12-13-14-19-24-35-27-25-30(28-20-15-17-22-32-28)34-31(26-27)29-21-16-18-23-33-29;2*1-5-13-21(14-6-1)25(22-15-7-2-8-16-22,23-17-9-3-10-18-23)24-19-11-4-12-20-24;1-3(2)4;/h2*15-18,20-23,25-26H,2-14,19,24H2,1H3;2*1-20H;1-2H3;/q;;2*-1;;+2. The van der Waals surface area contributed by atoms with Crippen LogP contribution in [-0.4, -0.2) is 61.2 Å². The second-order valence-corrected chi connectivity index (χ2v) is 32.8. The van der Waals surface area contributed by atoms with Gasteiger partial charge in [-0.1, -0.05) is 448 Å². The molecule has 6 heterocycles. The first kappa shape index (κ1) is 97.4. The van der Waals surface area contributed by atoms with Crippen molar-refractivity contribution >= 4 is 61.8 Å². The summed E-state index contributed by atoms with van der Waals surface area (Å²) in [5.41, 5.74) is 17.3. The molecule has 0 bridgehead atoms. The molecule has 0 amide bonds. The van der Waals surface area contributed by atoms with E-state index in [1.165, 1.54) is 224 Å². The third-order valence-electron chi connectivity index (χ3n) is 23.2. The van der Waals surface area contributed by atoms with Gasteiger partial charge in [-0.3, -0.25) is 19.9 Å². The Hall–Kier alpha value is -11.4. The molecule has 6 aromatic heterocycles. The fourth-order valence-corrected chi connectivity index (χ4v) is 17.0. The second-order valence-electron chi connectivity index (χ2n) is 32.8. The van der Waals surface area contributed by atoms with Crippen LogP contribution in [0.5, 0.6) is 11.5 Å². The molecule has 125 heavy (non-hydrogen) atoms. The van der Waals surface area contributed by atoms with Gasteiger partial charge in [-0.2, -0.15) is 43.7 Å². The number of nitrogens with zero attached hydrogens (tertiary/aromatic N) is 6. The zero-order valence-corrected chi connectivity index (χ0v) is 75.8. The second kappa shape index (κ2) is 57.9. The van der Waals surface area contributed by atoms with Gasteiger partial charge in [-0.05, 0) is 75.2 Å². The van der Waals surface area contributed by atoms with Crippen molar-refractivity contribution in [3.05, 3.63) is 365 Å². The number of hydrogen-bond acceptors (Lipinski definition) is 9. The molecular formula is C113H132B2CoN6O3. The molecule has 0 saturated carbocycles. The van der Waals surface area contributed by atoms with Crippen LogP contribution in [0.4, 0.5) is 0 Å². The zero-order valence-electron chi connectivity index (χ0n) is 74.8. The first-order chi connectivity index (χ1) is 61.3. The predicted molar refractivity (Wildman–Crippen MR) is 529 cm³/mol. The Morgan fingerprint density at radius 1 is 0.224 bits per heavy atom. The molecule has 0 spiro atoms. The molecular weight excluding hydrogens is 1570 g/mol. The Morgan fingerprint density at radius 2 is 0.384 bits per heavy atom. The van der Waals surface area contributed by atoms with E-state index in [4.69, 9.17) is 19.4 Å². The van der Waals surface area contributed by atoms with Gasteiger partial charge in [0.25, 0.3) is 0 Å². The van der Waals surface area contributed by atoms with E-state index in [0.29, 0.717) is 0 Å². The Labute approximate surface area is 759 Å². The maximum Gasteiger partial charge on any atom is 2.00 e. The van der Waals surface area contributed by atoms with Crippen LogP contribution in [-0.2, 0) is 21.6 Å². The molecule has 0 aliphatic carbocycles. The third-order valence-corrected chi connectivity index (χ3v) is 23.2. The number of ether oxygens (including phenoxy) is 2. The Morgan fingerprint density at radius 3 is 0.544 bits per heavy atom. The number of unbranched alkanes of at least 4 members (excludes halogenated alkanes) is 26. The van der Waals surface area contributed by atoms with Crippen molar-refractivity contribution in [2.75, 3.05) is 13.2 Å². The van der Waals surface area contributed by atoms with E-state index in [1.54, 1.807) is 24.8 Å². The Balaban J connectivity index is 0.000000187. The van der Waals surface area contributed by atoms with Crippen LogP contribution in [0.3, 0.4) is 0 Å². The van der Waals surface area contributed by atoms with Gasteiger partial charge >= 0.3 is 16.8 Å². The zero-order chi connectivity index (χ0) is 86.3. The van der Waals surface area contributed by atoms with Crippen LogP contribution >= 0.6 is 0 Å². The maximum absolute atomic E-state index is 9.44. The molecule has 0 atom stereocenters. The van der Waals surface area contributed by atoms with Crippen LogP contribution in [0, 0.1) is 0 Å². The van der Waals surface area contributed by atoms with Crippen molar-refractivity contribution < 1.29 is 31.0 Å². The summed E-state index contributed by atoms with van der Waals surface area (Å²) in [7, 11) is 0. The van der Waals surface area contributed by atoms with Gasteiger partial charge < -0.3 is 14.3 Å². The third kappa shape index (κ3) is 32.3. The van der Waals surface area contributed by atoms with E-state index in [2.05, 4.69) is 276 Å². The van der Waals surface area contributed by atoms with Gasteiger partial charge in [0.05, 0.1) is 58.8 Å². The van der Waals surface area contributed by atoms with E-state index in [-0.39, 0.29) is 22.6 Å². The molecule has 0 saturated heterocycles. The van der Waals surface area contributed by atoms with Gasteiger partial charge in [0.1, 0.15) is 29.6 Å². The van der Waals surface area contributed by atoms with Crippen LogP contribution < -0.4 is 53.2 Å². The predicted octanol–water partition coefficient (Wildman–Crippen LogP) is 24.9. The van der Waals surface area contributed by atoms with E-state index in [1.807, 2.05) is 97.1 Å². The van der Waals surface area contributed by atoms with E-state index >= 15 is 0 Å². The summed E-state index contributed by atoms with van der Waals surface area (Å²) in [6.45, 7) is 9.08. The van der Waals surface area contributed by atoms with Crippen LogP contribution in [0.2, 0.25) is 0 Å². The van der Waals surface area contributed by atoms with E-state index in [0.717, 1.165) is 83.1 Å². The number of hydrogen-bond donors (Lipinski definition) is 0. The number of carbonyl (C=O) groups is 1. The summed E-state index contributed by atoms with van der Waals surface area (Å²) in [4.78, 5) is 36.9. The number of Topliss-reactive ketones (excluding diaryl/α,β-unsaturated/α-hetero) is 1. The smallest absolute Gasteiger partial charge is 0.493 e.